The monoisotopic (exact) mass is 362 g/mol. The molecular weight excluding hydrogens is 344 g/mol. The van der Waals surface area contributed by atoms with Crippen LogP contribution in [0.1, 0.15) is 11.4 Å². The lowest BCUT2D eigenvalue weighted by molar-refractivity contribution is 0.118. The lowest BCUT2D eigenvalue weighted by Crippen LogP contribution is -2.17. The highest BCUT2D eigenvalue weighted by atomic mass is 32.2. The van der Waals surface area contributed by atoms with E-state index >= 15 is 0 Å². The van der Waals surface area contributed by atoms with Crippen LogP contribution in [-0.4, -0.2) is 40.1 Å². The van der Waals surface area contributed by atoms with Gasteiger partial charge in [0.25, 0.3) is 10.0 Å². The Hall–Kier alpha value is -2.72. The fourth-order valence-corrected chi connectivity index (χ4v) is 4.04. The second kappa shape index (κ2) is 6.65. The molecule has 0 aliphatic rings. The van der Waals surface area contributed by atoms with Crippen LogP contribution in [0.25, 0.3) is 5.82 Å². The summed E-state index contributed by atoms with van der Waals surface area (Å²) in [4.78, 5) is 4.34. The molecule has 0 saturated heterocycles. The number of rotatable bonds is 6. The zero-order chi connectivity index (χ0) is 18.0. The Labute approximate surface area is 145 Å². The third-order valence-corrected chi connectivity index (χ3v) is 5.20. The molecule has 10 heteroatoms. The molecule has 3 rings (SSSR count). The van der Waals surface area contributed by atoms with Crippen LogP contribution in [0.3, 0.4) is 0 Å². The van der Waals surface area contributed by atoms with E-state index in [-0.39, 0.29) is 11.6 Å². The third kappa shape index (κ3) is 3.26. The Morgan fingerprint density at radius 3 is 2.72 bits per heavy atom. The van der Waals surface area contributed by atoms with Gasteiger partial charge in [0, 0.05) is 25.7 Å². The maximum absolute atomic E-state index is 12.9. The summed E-state index contributed by atoms with van der Waals surface area (Å²) in [6.07, 6.45) is 4.85. The van der Waals surface area contributed by atoms with Crippen molar-refractivity contribution in [3.63, 3.8) is 0 Å². The van der Waals surface area contributed by atoms with Crippen LogP contribution in [0.4, 0.5) is 5.69 Å². The number of anilines is 1. The second-order valence-corrected chi connectivity index (χ2v) is 6.97. The van der Waals surface area contributed by atoms with Crippen molar-refractivity contribution >= 4 is 15.7 Å². The Balaban J connectivity index is 2.02. The first kappa shape index (κ1) is 17.1. The van der Waals surface area contributed by atoms with Gasteiger partial charge in [0.2, 0.25) is 0 Å². The fraction of sp³-hybridized carbons (Fsp3) is 0.267. The Kier molecular flexibility index (Phi) is 4.55. The maximum Gasteiger partial charge on any atom is 0.265 e. The van der Waals surface area contributed by atoms with Crippen molar-refractivity contribution < 1.29 is 13.2 Å². The number of nitrogens with zero attached hydrogens (tertiary/aromatic N) is 5. The van der Waals surface area contributed by atoms with Gasteiger partial charge in [-0.05, 0) is 32.0 Å². The molecule has 3 aromatic rings. The van der Waals surface area contributed by atoms with E-state index in [0.29, 0.717) is 22.9 Å². The lowest BCUT2D eigenvalue weighted by atomic mass is 10.4. The van der Waals surface area contributed by atoms with Crippen molar-refractivity contribution in [2.45, 2.75) is 25.5 Å². The molecule has 25 heavy (non-hydrogen) atoms. The summed E-state index contributed by atoms with van der Waals surface area (Å²) in [5.41, 5.74) is 1.22. The van der Waals surface area contributed by atoms with Crippen LogP contribution in [-0.2, 0) is 21.5 Å². The summed E-state index contributed by atoms with van der Waals surface area (Å²) in [7, 11) is -2.33. The highest BCUT2D eigenvalue weighted by Gasteiger charge is 2.26. The molecular formula is C15H18N6O3S. The van der Waals surface area contributed by atoms with Crippen LogP contribution < -0.4 is 4.72 Å². The van der Waals surface area contributed by atoms with Gasteiger partial charge in [-0.3, -0.25) is 4.72 Å². The zero-order valence-corrected chi connectivity index (χ0v) is 14.9. The van der Waals surface area contributed by atoms with Crippen molar-refractivity contribution in [1.82, 2.24) is 24.5 Å². The van der Waals surface area contributed by atoms with E-state index in [4.69, 9.17) is 4.74 Å². The molecule has 0 spiro atoms. The van der Waals surface area contributed by atoms with E-state index in [1.807, 2.05) is 0 Å². The van der Waals surface area contributed by atoms with Gasteiger partial charge in [-0.15, -0.1) is 0 Å². The number of hydrogen-bond donors (Lipinski definition) is 1. The van der Waals surface area contributed by atoms with E-state index in [0.717, 1.165) is 0 Å². The molecule has 0 unspecified atom stereocenters. The van der Waals surface area contributed by atoms with Crippen LogP contribution in [0, 0.1) is 13.8 Å². The van der Waals surface area contributed by atoms with Gasteiger partial charge in [-0.1, -0.05) is 0 Å². The topological polar surface area (TPSA) is 104 Å². The summed E-state index contributed by atoms with van der Waals surface area (Å²) in [6, 6.07) is 5.01. The number of nitrogens with one attached hydrogen (secondary N) is 1. The summed E-state index contributed by atoms with van der Waals surface area (Å²) in [5.74, 6) is 0.385. The number of ether oxygens (including phenoxy) is 1. The number of pyridine rings is 1. The van der Waals surface area contributed by atoms with Gasteiger partial charge < -0.3 is 4.74 Å². The van der Waals surface area contributed by atoms with Gasteiger partial charge in [0.05, 0.1) is 17.1 Å². The van der Waals surface area contributed by atoms with Gasteiger partial charge in [-0.2, -0.15) is 10.2 Å². The smallest absolute Gasteiger partial charge is 0.265 e. The number of aromatic nitrogens is 5. The fourth-order valence-electron chi connectivity index (χ4n) is 2.57. The van der Waals surface area contributed by atoms with Crippen molar-refractivity contribution in [2.24, 2.45) is 0 Å². The molecule has 0 aliphatic heterocycles. The van der Waals surface area contributed by atoms with E-state index in [2.05, 4.69) is 19.9 Å². The molecule has 0 atom stereocenters. The number of methoxy groups -OCH3 is 1. The number of hydrogen-bond acceptors (Lipinski definition) is 6. The molecule has 3 aromatic heterocycles. The zero-order valence-electron chi connectivity index (χ0n) is 14.0. The lowest BCUT2D eigenvalue weighted by Gasteiger charge is -2.12. The molecule has 132 valence electrons. The van der Waals surface area contributed by atoms with E-state index < -0.39 is 10.0 Å². The molecule has 9 nitrogen and oxygen atoms in total. The predicted molar refractivity (Wildman–Crippen MR) is 90.9 cm³/mol. The van der Waals surface area contributed by atoms with Crippen molar-refractivity contribution in [1.29, 1.82) is 0 Å². The summed E-state index contributed by atoms with van der Waals surface area (Å²) >= 11 is 0. The van der Waals surface area contributed by atoms with Crippen LogP contribution in [0.2, 0.25) is 0 Å². The first-order chi connectivity index (χ1) is 11.9. The molecule has 0 aromatic carbocycles. The summed E-state index contributed by atoms with van der Waals surface area (Å²) in [6.45, 7) is 3.50. The molecule has 0 saturated carbocycles. The largest absolute Gasteiger partial charge is 0.362 e. The Morgan fingerprint density at radius 2 is 2.04 bits per heavy atom. The van der Waals surface area contributed by atoms with Gasteiger partial charge >= 0.3 is 0 Å². The van der Waals surface area contributed by atoms with Gasteiger partial charge in [-0.25, -0.2) is 22.8 Å². The third-order valence-electron chi connectivity index (χ3n) is 3.59. The first-order valence-corrected chi connectivity index (χ1v) is 8.93. The van der Waals surface area contributed by atoms with E-state index in [1.165, 1.54) is 16.5 Å². The quantitative estimate of drug-likeness (QED) is 0.712. The predicted octanol–water partition coefficient (Wildman–Crippen LogP) is 1.49. The first-order valence-electron chi connectivity index (χ1n) is 7.45. The molecule has 1 N–H and O–H groups in total. The number of aryl methyl sites for hydroxylation is 1. The molecule has 0 aliphatic carbocycles. The normalized spacial score (nSPS) is 11.6. The molecule has 3 heterocycles. The molecule has 0 fully saturated rings. The van der Waals surface area contributed by atoms with E-state index in [1.54, 1.807) is 50.6 Å². The molecule has 0 amide bonds. The van der Waals surface area contributed by atoms with Gasteiger partial charge in [0.15, 0.2) is 5.82 Å². The molecule has 0 bridgehead atoms. The minimum Gasteiger partial charge on any atom is -0.362 e. The Bertz CT molecular complexity index is 979. The minimum atomic E-state index is -3.86. The van der Waals surface area contributed by atoms with Crippen molar-refractivity contribution in [3.05, 3.63) is 48.2 Å². The van der Waals surface area contributed by atoms with E-state index in [9.17, 15) is 8.42 Å². The highest BCUT2D eigenvalue weighted by molar-refractivity contribution is 7.92. The maximum atomic E-state index is 12.9. The van der Waals surface area contributed by atoms with Crippen molar-refractivity contribution in [3.8, 4) is 5.82 Å². The second-order valence-electron chi connectivity index (χ2n) is 5.35. The average Bonchev–Trinajstić information content (AvgIpc) is 3.17. The SMILES string of the molecule is COCn1nc(C)c(S(=O)(=O)Nc2cccnc2-n2cccn2)c1C. The van der Waals surface area contributed by atoms with Crippen LogP contribution in [0.5, 0.6) is 0 Å². The standard InChI is InChI=1S/C15H18N6O3S/c1-11-14(12(2)21(18-11)10-24-3)25(22,23)19-13-6-4-7-16-15(13)20-9-5-8-17-20/h4-9,19H,10H2,1-3H3. The molecule has 0 radical (unpaired) electrons. The van der Waals surface area contributed by atoms with Gasteiger partial charge in [0.1, 0.15) is 11.6 Å². The average molecular weight is 362 g/mol. The minimum absolute atomic E-state index is 0.125. The van der Waals surface area contributed by atoms with Crippen molar-refractivity contribution in [2.75, 3.05) is 11.8 Å². The highest BCUT2D eigenvalue weighted by Crippen LogP contribution is 2.25. The Morgan fingerprint density at radius 1 is 1.24 bits per heavy atom. The van der Waals surface area contributed by atoms with Crippen LogP contribution in [0.15, 0.2) is 41.7 Å². The summed E-state index contributed by atoms with van der Waals surface area (Å²) < 4.78 is 36.5. The van der Waals surface area contributed by atoms with Crippen LogP contribution >= 0.6 is 0 Å². The number of sulfonamides is 1. The summed E-state index contributed by atoms with van der Waals surface area (Å²) in [5, 5.41) is 8.32.